The van der Waals surface area contributed by atoms with Crippen molar-refractivity contribution in [2.75, 3.05) is 5.32 Å². The topological polar surface area (TPSA) is 104 Å². The number of hydrogen-bond donors (Lipinski definition) is 3. The fourth-order valence-electron chi connectivity index (χ4n) is 4.24. The summed E-state index contributed by atoms with van der Waals surface area (Å²) in [6.45, 7) is 6.38. The van der Waals surface area contributed by atoms with Crippen LogP contribution in [0.5, 0.6) is 0 Å². The molecule has 0 aliphatic heterocycles. The van der Waals surface area contributed by atoms with Crippen LogP contribution in [0, 0.1) is 13.8 Å². The summed E-state index contributed by atoms with van der Waals surface area (Å²) in [5.74, 6) is -0.683. The van der Waals surface area contributed by atoms with Gasteiger partial charge in [0.25, 0.3) is 5.91 Å². The minimum Gasteiger partial charge on any atom is -0.480 e. The number of rotatable bonds is 10. The third-order valence-electron chi connectivity index (χ3n) is 6.20. The second kappa shape index (κ2) is 12.2. The van der Waals surface area contributed by atoms with Gasteiger partial charge in [-0.15, -0.1) is 0 Å². The number of pyridine rings is 1. The van der Waals surface area contributed by atoms with Crippen LogP contribution in [0.2, 0.25) is 5.02 Å². The summed E-state index contributed by atoms with van der Waals surface area (Å²) in [6.07, 6.45) is 2.55. The number of hydrogen-bond acceptors (Lipinski definition) is 6. The lowest BCUT2D eigenvalue weighted by Gasteiger charge is -2.18. The minimum atomic E-state index is -1.09. The van der Waals surface area contributed by atoms with E-state index < -0.39 is 17.9 Å². The Morgan fingerprint density at radius 1 is 1.08 bits per heavy atom. The van der Waals surface area contributed by atoms with Crippen molar-refractivity contribution in [3.8, 4) is 11.3 Å². The van der Waals surface area contributed by atoms with E-state index in [2.05, 4.69) is 20.0 Å². The van der Waals surface area contributed by atoms with E-state index in [1.807, 2.05) is 56.3 Å². The Morgan fingerprint density at radius 2 is 1.84 bits per heavy atom. The summed E-state index contributed by atoms with van der Waals surface area (Å²) in [6, 6.07) is 15.9. The zero-order valence-electron chi connectivity index (χ0n) is 21.4. The monoisotopic (exact) mass is 548 g/mol. The molecule has 4 aromatic rings. The number of carboxylic acid groups (broad SMARTS) is 1. The number of aryl methyl sites for hydroxylation is 3. The highest BCUT2D eigenvalue weighted by atomic mass is 35.5. The Kier molecular flexibility index (Phi) is 8.76. The molecule has 1 unspecified atom stereocenters. The van der Waals surface area contributed by atoms with Crippen molar-refractivity contribution in [2.24, 2.45) is 0 Å². The van der Waals surface area contributed by atoms with E-state index >= 15 is 0 Å². The molecule has 0 saturated carbocycles. The molecule has 38 heavy (non-hydrogen) atoms. The van der Waals surface area contributed by atoms with Crippen LogP contribution in [0.1, 0.15) is 44.4 Å². The van der Waals surface area contributed by atoms with Gasteiger partial charge < -0.3 is 15.7 Å². The molecule has 4 rings (SSSR count). The highest BCUT2D eigenvalue weighted by Gasteiger charge is 2.23. The average Bonchev–Trinajstić information content (AvgIpc) is 3.36. The van der Waals surface area contributed by atoms with E-state index in [1.165, 1.54) is 11.5 Å². The van der Waals surface area contributed by atoms with E-state index in [4.69, 9.17) is 11.6 Å². The predicted octanol–water partition coefficient (Wildman–Crippen LogP) is 6.08. The Hall–Kier alpha value is -3.75. The minimum absolute atomic E-state index is 0.158. The van der Waals surface area contributed by atoms with Crippen LogP contribution < -0.4 is 10.6 Å². The second-order valence-corrected chi connectivity index (χ2v) is 10.5. The van der Waals surface area contributed by atoms with E-state index in [1.54, 1.807) is 25.3 Å². The SMILES string of the molecule is CCc1cc(Cl)cc(C)c1C(=O)NC(Cc1ccc(-c2cc(CNc3cc(C)ccn3)sn2)cc1)C(=O)O. The normalized spacial score (nSPS) is 11.7. The maximum atomic E-state index is 13.0. The van der Waals surface area contributed by atoms with Crippen LogP contribution in [-0.2, 0) is 24.2 Å². The van der Waals surface area contributed by atoms with Crippen molar-refractivity contribution >= 4 is 40.8 Å². The van der Waals surface area contributed by atoms with Crippen LogP contribution in [-0.4, -0.2) is 32.4 Å². The molecule has 2 aromatic heterocycles. The lowest BCUT2D eigenvalue weighted by molar-refractivity contribution is -0.139. The van der Waals surface area contributed by atoms with Gasteiger partial charge in [-0.3, -0.25) is 4.79 Å². The Labute approximate surface area is 231 Å². The number of carboxylic acids is 1. The summed E-state index contributed by atoms with van der Waals surface area (Å²) in [5.41, 5.74) is 5.71. The summed E-state index contributed by atoms with van der Waals surface area (Å²) < 4.78 is 4.56. The zero-order valence-corrected chi connectivity index (χ0v) is 23.0. The number of aliphatic carboxylic acids is 1. The van der Waals surface area contributed by atoms with Gasteiger partial charge in [0, 0.05) is 33.6 Å². The van der Waals surface area contributed by atoms with E-state index in [0.717, 1.165) is 38.6 Å². The smallest absolute Gasteiger partial charge is 0.326 e. The molecule has 0 saturated heterocycles. The first-order valence-corrected chi connectivity index (χ1v) is 13.4. The third-order valence-corrected chi connectivity index (χ3v) is 7.20. The Bertz CT molecular complexity index is 1450. The molecule has 0 radical (unpaired) electrons. The van der Waals surface area contributed by atoms with Crippen molar-refractivity contribution in [2.45, 2.75) is 46.2 Å². The highest BCUT2D eigenvalue weighted by Crippen LogP contribution is 2.24. The first-order valence-electron chi connectivity index (χ1n) is 12.3. The van der Waals surface area contributed by atoms with Crippen molar-refractivity contribution < 1.29 is 14.7 Å². The first kappa shape index (κ1) is 27.3. The number of benzene rings is 2. The number of aromatic nitrogens is 2. The molecule has 0 aliphatic carbocycles. The fourth-order valence-corrected chi connectivity index (χ4v) is 5.21. The molecule has 7 nitrogen and oxygen atoms in total. The van der Waals surface area contributed by atoms with Crippen LogP contribution in [0.4, 0.5) is 5.82 Å². The highest BCUT2D eigenvalue weighted by molar-refractivity contribution is 7.06. The van der Waals surface area contributed by atoms with Crippen LogP contribution in [0.3, 0.4) is 0 Å². The summed E-state index contributed by atoms with van der Waals surface area (Å²) in [5, 5.41) is 16.4. The lowest BCUT2D eigenvalue weighted by Crippen LogP contribution is -2.42. The van der Waals surface area contributed by atoms with Gasteiger partial charge in [0.15, 0.2) is 0 Å². The molecule has 196 valence electrons. The number of nitrogens with zero attached hydrogens (tertiary/aromatic N) is 2. The average molecular weight is 549 g/mol. The van der Waals surface area contributed by atoms with Crippen LogP contribution >= 0.6 is 23.1 Å². The molecule has 2 aromatic carbocycles. The van der Waals surface area contributed by atoms with Crippen molar-refractivity contribution in [3.63, 3.8) is 0 Å². The molecular formula is C29H29ClN4O3S. The van der Waals surface area contributed by atoms with Gasteiger partial charge in [0.1, 0.15) is 11.9 Å². The number of carbonyl (C=O) groups is 2. The number of carbonyl (C=O) groups excluding carboxylic acids is 1. The van der Waals surface area contributed by atoms with E-state index in [9.17, 15) is 14.7 Å². The Morgan fingerprint density at radius 3 is 2.53 bits per heavy atom. The number of amides is 1. The molecule has 0 aliphatic rings. The van der Waals surface area contributed by atoms with Gasteiger partial charge >= 0.3 is 5.97 Å². The second-order valence-electron chi connectivity index (χ2n) is 9.13. The molecule has 3 N–H and O–H groups in total. The predicted molar refractivity (Wildman–Crippen MR) is 152 cm³/mol. The number of anilines is 1. The van der Waals surface area contributed by atoms with Gasteiger partial charge in [0.05, 0.1) is 12.2 Å². The molecule has 2 heterocycles. The van der Waals surface area contributed by atoms with Gasteiger partial charge in [-0.1, -0.05) is 42.8 Å². The largest absolute Gasteiger partial charge is 0.480 e. The summed E-state index contributed by atoms with van der Waals surface area (Å²) in [4.78, 5) is 30.4. The fraction of sp³-hybridized carbons (Fsp3) is 0.241. The maximum absolute atomic E-state index is 13.0. The van der Waals surface area contributed by atoms with Crippen LogP contribution in [0.15, 0.2) is 60.8 Å². The maximum Gasteiger partial charge on any atom is 0.326 e. The quantitative estimate of drug-likeness (QED) is 0.222. The summed E-state index contributed by atoms with van der Waals surface area (Å²) >= 11 is 7.56. The molecule has 1 atom stereocenters. The Balaban J connectivity index is 1.41. The molecule has 0 bridgehead atoms. The molecule has 9 heteroatoms. The molecular weight excluding hydrogens is 520 g/mol. The first-order chi connectivity index (χ1) is 18.2. The molecule has 1 amide bonds. The molecule has 0 fully saturated rings. The standard InChI is InChI=1S/C29H29ClN4O3S/c1-4-20-14-22(30)12-18(3)27(20)28(35)33-25(29(36)37)13-19-5-7-21(8-6-19)24-15-23(38-34-24)16-32-26-11-17(2)9-10-31-26/h5-12,14-15,25H,4,13,16H2,1-3H3,(H,31,32)(H,33,35)(H,36,37). The van der Waals surface area contributed by atoms with Crippen molar-refractivity contribution in [3.05, 3.63) is 98.5 Å². The van der Waals surface area contributed by atoms with Gasteiger partial charge in [-0.25, -0.2) is 9.78 Å². The third kappa shape index (κ3) is 6.76. The van der Waals surface area contributed by atoms with E-state index in [0.29, 0.717) is 29.1 Å². The van der Waals surface area contributed by atoms with Crippen molar-refractivity contribution in [1.82, 2.24) is 14.7 Å². The van der Waals surface area contributed by atoms with E-state index in [-0.39, 0.29) is 6.42 Å². The number of nitrogens with one attached hydrogen (secondary N) is 2. The number of halogens is 1. The zero-order chi connectivity index (χ0) is 27.2. The van der Waals surface area contributed by atoms with Gasteiger partial charge in [-0.2, -0.15) is 4.37 Å². The molecule has 0 spiro atoms. The van der Waals surface area contributed by atoms with Crippen LogP contribution in [0.25, 0.3) is 11.3 Å². The van der Waals surface area contributed by atoms with Gasteiger partial charge in [-0.05, 0) is 84.4 Å². The summed E-state index contributed by atoms with van der Waals surface area (Å²) in [7, 11) is 0. The lowest BCUT2D eigenvalue weighted by atomic mass is 9.98. The van der Waals surface area contributed by atoms with Crippen molar-refractivity contribution in [1.29, 1.82) is 0 Å². The van der Waals surface area contributed by atoms with Gasteiger partial charge in [0.2, 0.25) is 0 Å².